The molecule has 0 bridgehead atoms. The Bertz CT molecular complexity index is 90.7. The van der Waals surface area contributed by atoms with Crippen molar-refractivity contribution in [3.8, 4) is 0 Å². The molecule has 48 valence electrons. The maximum atomic E-state index is 3.78. The molecule has 0 saturated heterocycles. The monoisotopic (exact) mass is 340 g/mol. The van der Waals surface area contributed by atoms with E-state index in [9.17, 15) is 0 Å². The van der Waals surface area contributed by atoms with Crippen LogP contribution in [-0.4, -0.2) is 14.2 Å². The molecule has 0 aliphatic carbocycles. The first kappa shape index (κ1) is 9.00. The third kappa shape index (κ3) is 2.52. The van der Waals surface area contributed by atoms with Gasteiger partial charge < -0.3 is 0 Å². The van der Waals surface area contributed by atoms with Crippen molar-refractivity contribution < 1.29 is 0 Å². The molecular formula is C6H11ITe. The molecule has 0 saturated carbocycles. The zero-order valence-electron chi connectivity index (χ0n) is 5.06. The normalized spacial score (nSPS) is 12.8. The van der Waals surface area contributed by atoms with Crippen LogP contribution in [0.4, 0.5) is 0 Å². The van der Waals surface area contributed by atoms with Gasteiger partial charge in [-0.15, -0.1) is 0 Å². The summed E-state index contributed by atoms with van der Waals surface area (Å²) in [6, 6.07) is 0. The van der Waals surface area contributed by atoms with E-state index in [1.807, 2.05) is 0 Å². The zero-order chi connectivity index (χ0) is 6.62. The Balaban J connectivity index is 3.96. The Kier molecular flexibility index (Phi) is 4.41. The summed E-state index contributed by atoms with van der Waals surface area (Å²) >= 11 is 0.870. The third-order valence-corrected chi connectivity index (χ3v) is 15.7. The van der Waals surface area contributed by atoms with Crippen molar-refractivity contribution in [3.63, 3.8) is 0 Å². The first-order valence-corrected chi connectivity index (χ1v) is 13.6. The molecule has 0 aliphatic heterocycles. The van der Waals surface area contributed by atoms with Gasteiger partial charge in [0.25, 0.3) is 0 Å². The first-order valence-electron chi connectivity index (χ1n) is 2.44. The molecule has 2 heteroatoms. The molecule has 0 spiro atoms. The van der Waals surface area contributed by atoms with Crippen LogP contribution < -0.4 is 0 Å². The van der Waals surface area contributed by atoms with Gasteiger partial charge in [-0.05, 0) is 0 Å². The molecule has 0 aromatic heterocycles. The van der Waals surface area contributed by atoms with E-state index in [0.29, 0.717) is 0 Å². The summed E-state index contributed by atoms with van der Waals surface area (Å²) in [5, 5.41) is 0. The van der Waals surface area contributed by atoms with E-state index in [4.69, 9.17) is 0 Å². The minimum absolute atomic E-state index is 1.26. The van der Waals surface area contributed by atoms with Crippen LogP contribution in [0.3, 0.4) is 0 Å². The van der Waals surface area contributed by atoms with Gasteiger partial charge in [0.2, 0.25) is 0 Å². The second kappa shape index (κ2) is 3.92. The molecule has 8 heavy (non-hydrogen) atoms. The van der Waals surface area contributed by atoms with Crippen LogP contribution >= 0.6 is 18.7 Å². The van der Waals surface area contributed by atoms with E-state index >= 15 is 0 Å². The van der Waals surface area contributed by atoms with Crippen molar-refractivity contribution in [1.82, 2.24) is 0 Å². The Morgan fingerprint density at radius 3 is 1.88 bits per heavy atom. The topological polar surface area (TPSA) is 0 Å². The van der Waals surface area contributed by atoms with Crippen molar-refractivity contribution in [2.45, 2.75) is 11.4 Å². The van der Waals surface area contributed by atoms with E-state index in [2.05, 4.69) is 47.0 Å². The fourth-order valence-electron chi connectivity index (χ4n) is 0.304. The van der Waals surface area contributed by atoms with Crippen LogP contribution in [0, 0.1) is 0 Å². The summed E-state index contributed by atoms with van der Waals surface area (Å²) in [5.41, 5.74) is 0. The molecule has 0 aromatic carbocycles. The predicted octanol–water partition coefficient (Wildman–Crippen LogP) is 2.84. The van der Waals surface area contributed by atoms with Gasteiger partial charge in [0.05, 0.1) is 0 Å². The molecule has 0 amide bonds. The molecule has 0 aromatic rings. The van der Waals surface area contributed by atoms with Gasteiger partial charge >= 0.3 is 65.7 Å². The second-order valence-corrected chi connectivity index (χ2v) is 20.2. The van der Waals surface area contributed by atoms with Crippen LogP contribution in [0.15, 0.2) is 21.4 Å². The van der Waals surface area contributed by atoms with Crippen LogP contribution in [-0.2, 0) is 0 Å². The van der Waals surface area contributed by atoms with E-state index in [-0.39, 0.29) is 0 Å². The SMILES string of the molecule is C=C[Te](I)(C=C)CC. The van der Waals surface area contributed by atoms with E-state index in [1.54, 1.807) is 0 Å². The van der Waals surface area contributed by atoms with E-state index in [1.165, 1.54) is 4.47 Å². The summed E-state index contributed by atoms with van der Waals surface area (Å²) < 4.78 is 5.47. The molecule has 0 nitrogen and oxygen atoms in total. The summed E-state index contributed by atoms with van der Waals surface area (Å²) in [5.74, 6) is 0. The summed E-state index contributed by atoms with van der Waals surface area (Å²) in [4.78, 5) is 0. The quantitative estimate of drug-likeness (QED) is 0.549. The average molecular weight is 338 g/mol. The molecule has 0 radical (unpaired) electrons. The van der Waals surface area contributed by atoms with Crippen molar-refractivity contribution in [2.75, 3.05) is 0 Å². The van der Waals surface area contributed by atoms with Gasteiger partial charge in [0, 0.05) is 0 Å². The van der Waals surface area contributed by atoms with Gasteiger partial charge in [0.1, 0.15) is 0 Å². The standard InChI is InChI=1S/C6H11ITe/c1-4-8(7,5-2)6-3/h4-5H,1-2,6H2,3H3. The molecule has 0 atom stereocenters. The molecular weight excluding hydrogens is 327 g/mol. The molecule has 0 unspecified atom stereocenters. The van der Waals surface area contributed by atoms with Crippen molar-refractivity contribution in [3.05, 3.63) is 21.4 Å². The fraction of sp³-hybridized carbons (Fsp3) is 0.333. The molecule has 0 heterocycles. The van der Waals surface area contributed by atoms with Crippen LogP contribution in [0.25, 0.3) is 0 Å². The third-order valence-electron chi connectivity index (χ3n) is 0.997. The van der Waals surface area contributed by atoms with Gasteiger partial charge in [-0.1, -0.05) is 0 Å². The number of hydrogen-bond donors (Lipinski definition) is 0. The van der Waals surface area contributed by atoms with E-state index in [0.717, 1.165) is 0 Å². The second-order valence-electron chi connectivity index (χ2n) is 1.38. The predicted molar refractivity (Wildman–Crippen MR) is 50.6 cm³/mol. The number of halogens is 1. The van der Waals surface area contributed by atoms with Crippen molar-refractivity contribution in [2.24, 2.45) is 0 Å². The van der Waals surface area contributed by atoms with E-state index < -0.39 is 14.2 Å². The zero-order valence-corrected chi connectivity index (χ0v) is 9.55. The van der Waals surface area contributed by atoms with Crippen LogP contribution in [0.1, 0.15) is 6.92 Å². The Morgan fingerprint density at radius 2 is 1.88 bits per heavy atom. The average Bonchev–Trinajstić information content (AvgIpc) is 1.87. The Hall–Kier alpha value is 1.000. The Morgan fingerprint density at radius 1 is 1.50 bits per heavy atom. The molecule has 0 aliphatic rings. The maximum absolute atomic E-state index is 3.78. The summed E-state index contributed by atoms with van der Waals surface area (Å²) in [7, 11) is 0. The van der Waals surface area contributed by atoms with Crippen LogP contribution in [0.5, 0.6) is 0 Å². The van der Waals surface area contributed by atoms with Crippen LogP contribution in [0.2, 0.25) is 4.47 Å². The van der Waals surface area contributed by atoms with Crippen molar-refractivity contribution in [1.29, 1.82) is 0 Å². The van der Waals surface area contributed by atoms with Gasteiger partial charge in [-0.25, -0.2) is 0 Å². The molecule has 0 fully saturated rings. The minimum atomic E-state index is -1.65. The number of hydrogen-bond acceptors (Lipinski definition) is 0. The van der Waals surface area contributed by atoms with Gasteiger partial charge in [0.15, 0.2) is 0 Å². The first-order chi connectivity index (χ1) is 3.68. The Labute approximate surface area is 65.1 Å². The van der Waals surface area contributed by atoms with Gasteiger partial charge in [-0.2, -0.15) is 0 Å². The fourth-order valence-corrected chi connectivity index (χ4v) is 2.04. The summed E-state index contributed by atoms with van der Waals surface area (Å²) in [6.07, 6.45) is 0. The molecule has 0 N–H and O–H groups in total. The van der Waals surface area contributed by atoms with Gasteiger partial charge in [-0.3, -0.25) is 0 Å². The number of rotatable bonds is 3. The molecule has 0 rings (SSSR count). The summed E-state index contributed by atoms with van der Waals surface area (Å²) in [6.45, 7) is 9.77. The van der Waals surface area contributed by atoms with Crippen molar-refractivity contribution >= 4 is 32.9 Å².